The van der Waals surface area contributed by atoms with Gasteiger partial charge in [-0.2, -0.15) is 4.98 Å². The second-order valence-corrected chi connectivity index (χ2v) is 3.57. The minimum atomic E-state index is -0.561. The molecule has 0 spiro atoms. The topological polar surface area (TPSA) is 57.8 Å². The lowest BCUT2D eigenvalue weighted by Crippen LogP contribution is -2.16. The van der Waals surface area contributed by atoms with Crippen LogP contribution in [0, 0.1) is 5.82 Å². The lowest BCUT2D eigenvalue weighted by Gasteiger charge is -2.06. The molecule has 17 heavy (non-hydrogen) atoms. The van der Waals surface area contributed by atoms with E-state index in [1.54, 1.807) is 0 Å². The fourth-order valence-electron chi connectivity index (χ4n) is 1.48. The Morgan fingerprint density at radius 3 is 2.82 bits per heavy atom. The Morgan fingerprint density at radius 2 is 2.06 bits per heavy atom. The lowest BCUT2D eigenvalue weighted by atomic mass is 10.1. The number of nitrogens with one attached hydrogen (secondary N) is 2. The third-order valence-electron chi connectivity index (χ3n) is 2.32. The van der Waals surface area contributed by atoms with Crippen LogP contribution in [-0.4, -0.2) is 16.5 Å². The van der Waals surface area contributed by atoms with Crippen LogP contribution in [0.1, 0.15) is 5.56 Å². The first kappa shape index (κ1) is 11.3. The highest BCUT2D eigenvalue weighted by atomic mass is 19.1. The van der Waals surface area contributed by atoms with Crippen molar-refractivity contribution >= 4 is 5.82 Å². The molecule has 0 aliphatic heterocycles. The number of H-pyrrole nitrogens is 1. The van der Waals surface area contributed by atoms with Gasteiger partial charge in [-0.15, -0.1) is 0 Å². The zero-order chi connectivity index (χ0) is 12.1. The van der Waals surface area contributed by atoms with Crippen LogP contribution < -0.4 is 11.0 Å². The van der Waals surface area contributed by atoms with E-state index in [9.17, 15) is 9.18 Å². The van der Waals surface area contributed by atoms with E-state index in [1.165, 1.54) is 0 Å². The lowest BCUT2D eigenvalue weighted by molar-refractivity contribution is 0.614. The van der Waals surface area contributed by atoms with Crippen molar-refractivity contribution in [2.45, 2.75) is 6.42 Å². The molecule has 0 unspecified atom stereocenters. The SMILES string of the molecule is O=c1ncc(F)c(NCCc2ccccc2)[nH]1. The van der Waals surface area contributed by atoms with Gasteiger partial charge in [0.05, 0.1) is 6.20 Å². The highest BCUT2D eigenvalue weighted by Crippen LogP contribution is 2.06. The van der Waals surface area contributed by atoms with E-state index in [1.807, 2.05) is 30.3 Å². The molecule has 88 valence electrons. The Balaban J connectivity index is 1.94. The van der Waals surface area contributed by atoms with Crippen molar-refractivity contribution in [3.8, 4) is 0 Å². The van der Waals surface area contributed by atoms with Crippen molar-refractivity contribution in [3.05, 3.63) is 58.4 Å². The van der Waals surface area contributed by atoms with Crippen LogP contribution in [0.2, 0.25) is 0 Å². The number of rotatable bonds is 4. The molecule has 0 amide bonds. The summed E-state index contributed by atoms with van der Waals surface area (Å²) in [5.74, 6) is -0.474. The zero-order valence-corrected chi connectivity index (χ0v) is 9.11. The largest absolute Gasteiger partial charge is 0.369 e. The monoisotopic (exact) mass is 233 g/mol. The maximum atomic E-state index is 13.2. The number of benzene rings is 1. The van der Waals surface area contributed by atoms with Gasteiger partial charge in [-0.1, -0.05) is 30.3 Å². The van der Waals surface area contributed by atoms with Crippen LogP contribution in [-0.2, 0) is 6.42 Å². The quantitative estimate of drug-likeness (QED) is 0.842. The van der Waals surface area contributed by atoms with E-state index in [-0.39, 0.29) is 5.82 Å². The third kappa shape index (κ3) is 3.14. The number of hydrogen-bond donors (Lipinski definition) is 2. The Labute approximate surface area is 97.5 Å². The molecule has 0 atom stereocenters. The first-order chi connectivity index (χ1) is 8.25. The van der Waals surface area contributed by atoms with E-state index in [2.05, 4.69) is 15.3 Å². The van der Waals surface area contributed by atoms with Gasteiger partial charge in [0, 0.05) is 6.54 Å². The first-order valence-electron chi connectivity index (χ1n) is 5.28. The van der Waals surface area contributed by atoms with Gasteiger partial charge in [-0.05, 0) is 12.0 Å². The predicted octanol–water partition coefficient (Wildman–Crippen LogP) is 1.56. The molecule has 0 saturated carbocycles. The highest BCUT2D eigenvalue weighted by molar-refractivity contribution is 5.34. The molecule has 2 aromatic rings. The molecule has 0 fully saturated rings. The van der Waals surface area contributed by atoms with E-state index < -0.39 is 11.5 Å². The van der Waals surface area contributed by atoms with Crippen molar-refractivity contribution in [3.63, 3.8) is 0 Å². The zero-order valence-electron chi connectivity index (χ0n) is 9.11. The molecule has 1 heterocycles. The molecule has 1 aromatic heterocycles. The van der Waals surface area contributed by atoms with Crippen LogP contribution >= 0.6 is 0 Å². The van der Waals surface area contributed by atoms with E-state index >= 15 is 0 Å². The normalized spacial score (nSPS) is 10.2. The molecule has 0 aliphatic carbocycles. The average Bonchev–Trinajstić information content (AvgIpc) is 2.35. The van der Waals surface area contributed by atoms with Crippen molar-refractivity contribution in [1.29, 1.82) is 0 Å². The van der Waals surface area contributed by atoms with Crippen LogP contribution in [0.4, 0.5) is 10.2 Å². The summed E-state index contributed by atoms with van der Waals surface area (Å²) in [5, 5.41) is 2.83. The second-order valence-electron chi connectivity index (χ2n) is 3.57. The van der Waals surface area contributed by atoms with E-state index in [0.717, 1.165) is 18.2 Å². The number of halogens is 1. The summed E-state index contributed by atoms with van der Waals surface area (Å²) in [6.45, 7) is 0.543. The van der Waals surface area contributed by atoms with Gasteiger partial charge in [0.15, 0.2) is 5.82 Å². The molecule has 0 saturated heterocycles. The molecule has 0 bridgehead atoms. The molecule has 0 aliphatic rings. The molecular formula is C12H12FN3O. The Kier molecular flexibility index (Phi) is 3.49. The maximum Gasteiger partial charge on any atom is 0.346 e. The molecule has 4 nitrogen and oxygen atoms in total. The van der Waals surface area contributed by atoms with Gasteiger partial charge in [-0.25, -0.2) is 9.18 Å². The summed E-state index contributed by atoms with van der Waals surface area (Å²) in [5.41, 5.74) is 0.588. The van der Waals surface area contributed by atoms with Crippen LogP contribution in [0.15, 0.2) is 41.3 Å². The standard InChI is InChI=1S/C12H12FN3O/c13-10-8-15-12(17)16-11(10)14-7-6-9-4-2-1-3-5-9/h1-5,8H,6-7H2,(H2,14,15,16,17). The fraction of sp³-hybridized carbons (Fsp3) is 0.167. The molecule has 2 N–H and O–H groups in total. The molecule has 0 radical (unpaired) electrons. The van der Waals surface area contributed by atoms with Gasteiger partial charge >= 0.3 is 5.69 Å². The van der Waals surface area contributed by atoms with Crippen molar-refractivity contribution in [1.82, 2.24) is 9.97 Å². The minimum Gasteiger partial charge on any atom is -0.369 e. The molecule has 2 rings (SSSR count). The van der Waals surface area contributed by atoms with E-state index in [0.29, 0.717) is 6.54 Å². The second kappa shape index (κ2) is 5.25. The predicted molar refractivity (Wildman–Crippen MR) is 63.5 cm³/mol. The molecule has 5 heteroatoms. The van der Waals surface area contributed by atoms with Crippen LogP contribution in [0.3, 0.4) is 0 Å². The smallest absolute Gasteiger partial charge is 0.346 e. The number of aromatic amines is 1. The highest BCUT2D eigenvalue weighted by Gasteiger charge is 2.02. The van der Waals surface area contributed by atoms with Gasteiger partial charge in [-0.3, -0.25) is 4.98 Å². The van der Waals surface area contributed by atoms with Gasteiger partial charge in [0.2, 0.25) is 0 Å². The maximum absolute atomic E-state index is 13.2. The number of nitrogens with zero attached hydrogens (tertiary/aromatic N) is 1. The van der Waals surface area contributed by atoms with Crippen molar-refractivity contribution in [2.24, 2.45) is 0 Å². The third-order valence-corrected chi connectivity index (χ3v) is 2.32. The van der Waals surface area contributed by atoms with Gasteiger partial charge in [0.25, 0.3) is 0 Å². The average molecular weight is 233 g/mol. The summed E-state index contributed by atoms with van der Waals surface area (Å²) < 4.78 is 13.2. The first-order valence-corrected chi connectivity index (χ1v) is 5.28. The minimum absolute atomic E-state index is 0.0842. The van der Waals surface area contributed by atoms with Gasteiger partial charge < -0.3 is 5.32 Å². The molecule has 1 aromatic carbocycles. The van der Waals surface area contributed by atoms with Gasteiger partial charge in [0.1, 0.15) is 5.82 Å². The summed E-state index contributed by atoms with van der Waals surface area (Å²) in [6.07, 6.45) is 1.66. The summed E-state index contributed by atoms with van der Waals surface area (Å²) in [4.78, 5) is 16.5. The number of hydrogen-bond acceptors (Lipinski definition) is 3. The Bertz CT molecular complexity index is 539. The summed E-state index contributed by atoms with van der Waals surface area (Å²) in [7, 11) is 0. The summed E-state index contributed by atoms with van der Waals surface area (Å²) in [6, 6.07) is 9.83. The number of anilines is 1. The Morgan fingerprint density at radius 1 is 1.29 bits per heavy atom. The van der Waals surface area contributed by atoms with Crippen LogP contribution in [0.5, 0.6) is 0 Å². The summed E-state index contributed by atoms with van der Waals surface area (Å²) >= 11 is 0. The Hall–Kier alpha value is -2.17. The van der Waals surface area contributed by atoms with E-state index in [4.69, 9.17) is 0 Å². The number of aromatic nitrogens is 2. The fourth-order valence-corrected chi connectivity index (χ4v) is 1.48. The molecular weight excluding hydrogens is 221 g/mol. The van der Waals surface area contributed by atoms with Crippen molar-refractivity contribution in [2.75, 3.05) is 11.9 Å². The van der Waals surface area contributed by atoms with Crippen molar-refractivity contribution < 1.29 is 4.39 Å². The van der Waals surface area contributed by atoms with Crippen LogP contribution in [0.25, 0.3) is 0 Å².